The maximum atomic E-state index is 5.90. The zero-order chi connectivity index (χ0) is 12.6. The molecule has 90 valence electrons. The van der Waals surface area contributed by atoms with Crippen LogP contribution in [-0.4, -0.2) is 9.55 Å². The molecule has 1 aromatic carbocycles. The summed E-state index contributed by atoms with van der Waals surface area (Å²) in [4.78, 5) is 4.41. The summed E-state index contributed by atoms with van der Waals surface area (Å²) in [5.74, 6) is 0. The van der Waals surface area contributed by atoms with E-state index >= 15 is 0 Å². The van der Waals surface area contributed by atoms with Crippen LogP contribution in [0.4, 0.5) is 5.69 Å². The first-order valence-corrected chi connectivity index (χ1v) is 5.85. The molecule has 0 radical (unpaired) electrons. The highest BCUT2D eigenvalue weighted by molar-refractivity contribution is 6.33. The highest BCUT2D eigenvalue weighted by Crippen LogP contribution is 2.24. The molecule has 3 nitrogen and oxygen atoms in total. The van der Waals surface area contributed by atoms with E-state index in [9.17, 15) is 0 Å². The summed E-state index contributed by atoms with van der Waals surface area (Å²) in [5.41, 5.74) is 8.42. The SMILES string of the molecule is CC(C)(C)c1cn(-c2ccc(Cl)c(N)c2)cn1. The highest BCUT2D eigenvalue weighted by Gasteiger charge is 2.16. The van der Waals surface area contributed by atoms with E-state index in [2.05, 4.69) is 25.8 Å². The van der Waals surface area contributed by atoms with Gasteiger partial charge in [-0.15, -0.1) is 0 Å². The molecular weight excluding hydrogens is 234 g/mol. The third-order valence-electron chi connectivity index (χ3n) is 2.63. The number of aromatic nitrogens is 2. The first-order valence-electron chi connectivity index (χ1n) is 5.48. The third kappa shape index (κ3) is 2.44. The molecule has 2 N–H and O–H groups in total. The Balaban J connectivity index is 2.40. The monoisotopic (exact) mass is 249 g/mol. The van der Waals surface area contributed by atoms with Crippen molar-refractivity contribution in [3.63, 3.8) is 0 Å². The van der Waals surface area contributed by atoms with E-state index in [1.165, 1.54) is 0 Å². The Morgan fingerprint density at radius 1 is 1.29 bits per heavy atom. The van der Waals surface area contributed by atoms with Crippen LogP contribution in [0, 0.1) is 0 Å². The lowest BCUT2D eigenvalue weighted by atomic mass is 9.93. The summed E-state index contributed by atoms with van der Waals surface area (Å²) >= 11 is 5.90. The van der Waals surface area contributed by atoms with Gasteiger partial charge < -0.3 is 10.3 Å². The highest BCUT2D eigenvalue weighted by atomic mass is 35.5. The molecule has 0 atom stereocenters. The Kier molecular flexibility index (Phi) is 2.87. The first-order chi connectivity index (χ1) is 7.88. The molecule has 0 aliphatic rings. The number of imidazole rings is 1. The summed E-state index contributed by atoms with van der Waals surface area (Å²) in [7, 11) is 0. The van der Waals surface area contributed by atoms with Crippen molar-refractivity contribution >= 4 is 17.3 Å². The average molecular weight is 250 g/mol. The molecular formula is C13H16ClN3. The zero-order valence-electron chi connectivity index (χ0n) is 10.2. The minimum Gasteiger partial charge on any atom is -0.397 e. The van der Waals surface area contributed by atoms with Crippen LogP contribution < -0.4 is 5.73 Å². The van der Waals surface area contributed by atoms with E-state index in [1.807, 2.05) is 22.9 Å². The van der Waals surface area contributed by atoms with Crippen molar-refractivity contribution in [2.75, 3.05) is 5.73 Å². The molecule has 0 aliphatic heterocycles. The number of hydrogen-bond donors (Lipinski definition) is 1. The van der Waals surface area contributed by atoms with Crippen LogP contribution in [-0.2, 0) is 5.41 Å². The lowest BCUT2D eigenvalue weighted by Gasteiger charge is -2.14. The van der Waals surface area contributed by atoms with Gasteiger partial charge >= 0.3 is 0 Å². The number of anilines is 1. The van der Waals surface area contributed by atoms with Gasteiger partial charge in [0.25, 0.3) is 0 Å². The predicted octanol–water partition coefficient (Wildman–Crippen LogP) is 3.41. The van der Waals surface area contributed by atoms with Crippen molar-refractivity contribution in [3.05, 3.63) is 41.4 Å². The van der Waals surface area contributed by atoms with Gasteiger partial charge in [-0.2, -0.15) is 0 Å². The Morgan fingerprint density at radius 3 is 2.53 bits per heavy atom. The first kappa shape index (κ1) is 12.0. The lowest BCUT2D eigenvalue weighted by Crippen LogP contribution is -2.11. The molecule has 1 aromatic heterocycles. The number of hydrogen-bond acceptors (Lipinski definition) is 2. The smallest absolute Gasteiger partial charge is 0.0995 e. The van der Waals surface area contributed by atoms with Gasteiger partial charge in [0.1, 0.15) is 0 Å². The molecule has 0 saturated carbocycles. The molecule has 0 bridgehead atoms. The van der Waals surface area contributed by atoms with Gasteiger partial charge in [0.15, 0.2) is 0 Å². The number of nitrogens with two attached hydrogens (primary N) is 1. The fourth-order valence-corrected chi connectivity index (χ4v) is 1.66. The molecule has 1 heterocycles. The Hall–Kier alpha value is -1.48. The Labute approximate surface area is 106 Å². The zero-order valence-corrected chi connectivity index (χ0v) is 11.0. The third-order valence-corrected chi connectivity index (χ3v) is 2.97. The van der Waals surface area contributed by atoms with Crippen molar-refractivity contribution in [1.82, 2.24) is 9.55 Å². The van der Waals surface area contributed by atoms with Crippen molar-refractivity contribution in [2.24, 2.45) is 0 Å². The molecule has 0 aliphatic carbocycles. The van der Waals surface area contributed by atoms with Crippen LogP contribution in [0.15, 0.2) is 30.7 Å². The van der Waals surface area contributed by atoms with E-state index < -0.39 is 0 Å². The fraction of sp³-hybridized carbons (Fsp3) is 0.308. The summed E-state index contributed by atoms with van der Waals surface area (Å²) in [6.07, 6.45) is 3.81. The molecule has 2 aromatic rings. The fourth-order valence-electron chi connectivity index (χ4n) is 1.54. The lowest BCUT2D eigenvalue weighted by molar-refractivity contribution is 0.572. The molecule has 4 heteroatoms. The van der Waals surface area contributed by atoms with E-state index in [1.54, 1.807) is 12.4 Å². The van der Waals surface area contributed by atoms with Crippen LogP contribution >= 0.6 is 11.6 Å². The predicted molar refractivity (Wildman–Crippen MR) is 71.7 cm³/mol. The van der Waals surface area contributed by atoms with Gasteiger partial charge in [0.05, 0.1) is 22.7 Å². The molecule has 2 rings (SSSR count). The largest absolute Gasteiger partial charge is 0.397 e. The maximum absolute atomic E-state index is 5.90. The van der Waals surface area contributed by atoms with Gasteiger partial charge in [-0.25, -0.2) is 4.98 Å². The summed E-state index contributed by atoms with van der Waals surface area (Å²) < 4.78 is 1.95. The standard InChI is InChI=1S/C13H16ClN3/c1-13(2,3)12-7-17(8-16-12)9-4-5-10(14)11(15)6-9/h4-8H,15H2,1-3H3. The second kappa shape index (κ2) is 4.08. The van der Waals surface area contributed by atoms with Gasteiger partial charge in [0, 0.05) is 17.3 Å². The molecule has 0 amide bonds. The number of nitrogen functional groups attached to an aromatic ring is 1. The van der Waals surface area contributed by atoms with E-state index in [0.29, 0.717) is 10.7 Å². The number of benzene rings is 1. The van der Waals surface area contributed by atoms with E-state index in [0.717, 1.165) is 11.4 Å². The number of halogens is 1. The van der Waals surface area contributed by atoms with Gasteiger partial charge in [-0.1, -0.05) is 32.4 Å². The van der Waals surface area contributed by atoms with Crippen molar-refractivity contribution in [1.29, 1.82) is 0 Å². The summed E-state index contributed by atoms with van der Waals surface area (Å²) in [5, 5.41) is 0.574. The molecule has 0 spiro atoms. The van der Waals surface area contributed by atoms with Crippen molar-refractivity contribution in [2.45, 2.75) is 26.2 Å². The van der Waals surface area contributed by atoms with Crippen LogP contribution in [0.1, 0.15) is 26.5 Å². The minimum atomic E-state index is 0.0449. The maximum Gasteiger partial charge on any atom is 0.0995 e. The molecule has 0 fully saturated rings. The van der Waals surface area contributed by atoms with Crippen molar-refractivity contribution in [3.8, 4) is 5.69 Å². The Morgan fingerprint density at radius 2 is 2.00 bits per heavy atom. The summed E-state index contributed by atoms with van der Waals surface area (Å²) in [6, 6.07) is 5.56. The second-order valence-corrected chi connectivity index (χ2v) is 5.53. The number of nitrogens with zero attached hydrogens (tertiary/aromatic N) is 2. The van der Waals surface area contributed by atoms with Crippen LogP contribution in [0.3, 0.4) is 0 Å². The normalized spacial score (nSPS) is 11.8. The van der Waals surface area contributed by atoms with Crippen LogP contribution in [0.25, 0.3) is 5.69 Å². The van der Waals surface area contributed by atoms with E-state index in [4.69, 9.17) is 17.3 Å². The minimum absolute atomic E-state index is 0.0449. The second-order valence-electron chi connectivity index (χ2n) is 5.12. The van der Waals surface area contributed by atoms with Crippen LogP contribution in [0.5, 0.6) is 0 Å². The molecule has 0 saturated heterocycles. The van der Waals surface area contributed by atoms with Crippen molar-refractivity contribution < 1.29 is 0 Å². The van der Waals surface area contributed by atoms with Gasteiger partial charge in [-0.3, -0.25) is 0 Å². The topological polar surface area (TPSA) is 43.8 Å². The van der Waals surface area contributed by atoms with Gasteiger partial charge in [-0.05, 0) is 18.2 Å². The molecule has 17 heavy (non-hydrogen) atoms. The molecule has 0 unspecified atom stereocenters. The summed E-state index contributed by atoms with van der Waals surface area (Å²) in [6.45, 7) is 6.40. The number of rotatable bonds is 1. The van der Waals surface area contributed by atoms with E-state index in [-0.39, 0.29) is 5.41 Å². The van der Waals surface area contributed by atoms with Gasteiger partial charge in [0.2, 0.25) is 0 Å². The van der Waals surface area contributed by atoms with Crippen LogP contribution in [0.2, 0.25) is 5.02 Å². The quantitative estimate of drug-likeness (QED) is 0.788. The Bertz CT molecular complexity index is 538. The average Bonchev–Trinajstić information content (AvgIpc) is 2.70.